The highest BCUT2D eigenvalue weighted by Gasteiger charge is 2.07. The number of esters is 1. The Kier molecular flexibility index (Phi) is 5.96. The molecule has 0 aliphatic heterocycles. The van der Waals surface area contributed by atoms with Crippen molar-refractivity contribution in [2.24, 2.45) is 5.10 Å². The molecule has 7 heteroatoms. The minimum absolute atomic E-state index is 0.0495. The molecule has 0 atom stereocenters. The fourth-order valence-corrected chi connectivity index (χ4v) is 1.33. The molecule has 0 bridgehead atoms. The second-order valence-electron chi connectivity index (χ2n) is 3.27. The minimum Gasteiger partial charge on any atom is -0.466 e. The van der Waals surface area contributed by atoms with Crippen molar-refractivity contribution in [3.8, 4) is 0 Å². The summed E-state index contributed by atoms with van der Waals surface area (Å²) in [5, 5.41) is 13.2. The normalized spacial score (nSPS) is 10.9. The van der Waals surface area contributed by atoms with Gasteiger partial charge < -0.3 is 4.74 Å². The van der Waals surface area contributed by atoms with Gasteiger partial charge in [0.15, 0.2) is 5.84 Å². The number of benzene rings is 1. The van der Waals surface area contributed by atoms with E-state index in [9.17, 15) is 4.79 Å². The molecule has 98 valence electrons. The van der Waals surface area contributed by atoms with Crippen LogP contribution in [0.25, 0.3) is 0 Å². The summed E-state index contributed by atoms with van der Waals surface area (Å²) < 4.78 is 4.73. The molecule has 0 heterocycles. The molecule has 6 nitrogen and oxygen atoms in total. The number of rotatable bonds is 5. The third kappa shape index (κ3) is 5.03. The van der Waals surface area contributed by atoms with Crippen LogP contribution in [0, 0.1) is 0 Å². The van der Waals surface area contributed by atoms with Crippen molar-refractivity contribution in [3.63, 3.8) is 0 Å². The summed E-state index contributed by atoms with van der Waals surface area (Å²) >= 11 is 5.79. The number of ether oxygens (including phenoxy) is 1. The first-order valence-electron chi connectivity index (χ1n) is 5.29. The van der Waals surface area contributed by atoms with Crippen LogP contribution in [0.3, 0.4) is 0 Å². The monoisotopic (exact) mass is 271 g/mol. The summed E-state index contributed by atoms with van der Waals surface area (Å²) in [4.78, 5) is 11.2. The Hall–Kier alpha value is -1.79. The number of nitrogens with one attached hydrogen (secondary N) is 2. The lowest BCUT2D eigenvalue weighted by Gasteiger charge is -2.06. The van der Waals surface area contributed by atoms with Gasteiger partial charge in [0.25, 0.3) is 0 Å². The number of halogens is 1. The van der Waals surface area contributed by atoms with Crippen LogP contribution in [0.1, 0.15) is 13.3 Å². The largest absolute Gasteiger partial charge is 0.466 e. The fraction of sp³-hybridized carbons (Fsp3) is 0.273. The van der Waals surface area contributed by atoms with Crippen molar-refractivity contribution in [2.75, 3.05) is 12.0 Å². The van der Waals surface area contributed by atoms with Gasteiger partial charge in [-0.2, -0.15) is 5.10 Å². The molecule has 0 aliphatic rings. The Morgan fingerprint density at radius 2 is 2.33 bits per heavy atom. The first-order chi connectivity index (χ1) is 8.65. The molecule has 18 heavy (non-hydrogen) atoms. The number of nitrogens with zero attached hydrogens (tertiary/aromatic N) is 1. The molecular weight excluding hydrogens is 258 g/mol. The van der Waals surface area contributed by atoms with Gasteiger partial charge in [-0.05, 0) is 25.1 Å². The first-order valence-corrected chi connectivity index (χ1v) is 5.67. The standard InChI is InChI=1S/C11H14ClN3O3/c1-2-18-11(16)7-10(15-17)14-13-9-5-3-4-8(12)6-9/h3-6,13,17H,2,7H2,1H3,(H,14,15). The Bertz CT molecular complexity index is 437. The second kappa shape index (κ2) is 7.52. The Labute approximate surface area is 110 Å². The van der Waals surface area contributed by atoms with Crippen LogP contribution in [-0.4, -0.2) is 23.6 Å². The van der Waals surface area contributed by atoms with Gasteiger partial charge in [-0.1, -0.05) is 17.7 Å². The van der Waals surface area contributed by atoms with Crippen LogP contribution in [0.15, 0.2) is 29.4 Å². The van der Waals surface area contributed by atoms with Crippen LogP contribution in [0.2, 0.25) is 5.02 Å². The van der Waals surface area contributed by atoms with Crippen LogP contribution in [0.4, 0.5) is 5.69 Å². The summed E-state index contributed by atoms with van der Waals surface area (Å²) in [5.41, 5.74) is 5.13. The number of amidine groups is 1. The van der Waals surface area contributed by atoms with Crippen molar-refractivity contribution in [3.05, 3.63) is 29.3 Å². The molecule has 1 aromatic carbocycles. The van der Waals surface area contributed by atoms with Gasteiger partial charge in [0.1, 0.15) is 6.42 Å². The second-order valence-corrected chi connectivity index (χ2v) is 3.71. The number of hydroxylamine groups is 1. The van der Waals surface area contributed by atoms with E-state index in [0.717, 1.165) is 0 Å². The number of hydrogen-bond acceptors (Lipinski definition) is 5. The summed E-state index contributed by atoms with van der Waals surface area (Å²) in [7, 11) is 0. The number of hydrazone groups is 1. The average molecular weight is 272 g/mol. The number of anilines is 1. The van der Waals surface area contributed by atoms with Crippen molar-refractivity contribution in [2.45, 2.75) is 13.3 Å². The maximum absolute atomic E-state index is 11.2. The van der Waals surface area contributed by atoms with E-state index in [2.05, 4.69) is 10.5 Å². The number of carbonyl (C=O) groups excluding carboxylic acids is 1. The van der Waals surface area contributed by atoms with Crippen LogP contribution in [-0.2, 0) is 9.53 Å². The Morgan fingerprint density at radius 1 is 1.56 bits per heavy atom. The third-order valence-electron chi connectivity index (χ3n) is 1.89. The third-order valence-corrected chi connectivity index (χ3v) is 2.13. The van der Waals surface area contributed by atoms with Crippen LogP contribution < -0.4 is 10.9 Å². The van der Waals surface area contributed by atoms with E-state index < -0.39 is 5.97 Å². The molecule has 0 fully saturated rings. The van der Waals surface area contributed by atoms with E-state index in [1.807, 2.05) is 5.48 Å². The van der Waals surface area contributed by atoms with Crippen molar-refractivity contribution < 1.29 is 14.7 Å². The van der Waals surface area contributed by atoms with E-state index in [0.29, 0.717) is 10.7 Å². The topological polar surface area (TPSA) is 83.0 Å². The number of carbonyl (C=O) groups is 1. The molecule has 0 aliphatic carbocycles. The predicted octanol–water partition coefficient (Wildman–Crippen LogP) is 2.00. The molecule has 0 aromatic heterocycles. The quantitative estimate of drug-likeness (QED) is 0.330. The van der Waals surface area contributed by atoms with Gasteiger partial charge in [0.05, 0.1) is 12.3 Å². The highest BCUT2D eigenvalue weighted by Crippen LogP contribution is 2.14. The average Bonchev–Trinajstić information content (AvgIpc) is 2.35. The van der Waals surface area contributed by atoms with Crippen molar-refractivity contribution in [1.29, 1.82) is 0 Å². The highest BCUT2D eigenvalue weighted by molar-refractivity contribution is 6.30. The van der Waals surface area contributed by atoms with Crippen LogP contribution in [0.5, 0.6) is 0 Å². The number of hydrogen-bond donors (Lipinski definition) is 3. The molecule has 0 unspecified atom stereocenters. The SMILES string of the molecule is CCOC(=O)CC(=NNc1cccc(Cl)c1)NO. The highest BCUT2D eigenvalue weighted by atomic mass is 35.5. The van der Waals surface area contributed by atoms with Gasteiger partial charge in [-0.3, -0.25) is 20.9 Å². The summed E-state index contributed by atoms with van der Waals surface area (Å²) in [6, 6.07) is 6.87. The van der Waals surface area contributed by atoms with E-state index in [4.69, 9.17) is 21.5 Å². The zero-order valence-electron chi connectivity index (χ0n) is 9.81. The lowest BCUT2D eigenvalue weighted by atomic mass is 10.3. The fourth-order valence-electron chi connectivity index (χ4n) is 1.14. The van der Waals surface area contributed by atoms with E-state index in [1.54, 1.807) is 31.2 Å². The summed E-state index contributed by atoms with van der Waals surface area (Å²) in [5.74, 6) is -0.431. The van der Waals surface area contributed by atoms with E-state index >= 15 is 0 Å². The van der Waals surface area contributed by atoms with Gasteiger partial charge in [0, 0.05) is 5.02 Å². The maximum Gasteiger partial charge on any atom is 0.313 e. The lowest BCUT2D eigenvalue weighted by Crippen LogP contribution is -2.24. The lowest BCUT2D eigenvalue weighted by molar-refractivity contribution is -0.141. The molecule has 0 saturated heterocycles. The van der Waals surface area contributed by atoms with Gasteiger partial charge >= 0.3 is 5.97 Å². The summed E-state index contributed by atoms with van der Waals surface area (Å²) in [6.45, 7) is 1.98. The van der Waals surface area contributed by atoms with Gasteiger partial charge in [-0.15, -0.1) is 0 Å². The minimum atomic E-state index is -0.481. The first kappa shape index (κ1) is 14.3. The van der Waals surface area contributed by atoms with E-state index in [1.165, 1.54) is 0 Å². The molecule has 0 spiro atoms. The molecule has 0 saturated carbocycles. The zero-order chi connectivity index (χ0) is 13.4. The van der Waals surface area contributed by atoms with Crippen molar-refractivity contribution >= 4 is 29.1 Å². The molecule has 1 aromatic rings. The Balaban J connectivity index is 2.60. The Morgan fingerprint density at radius 3 is 2.94 bits per heavy atom. The van der Waals surface area contributed by atoms with Gasteiger partial charge in [-0.25, -0.2) is 0 Å². The van der Waals surface area contributed by atoms with Crippen molar-refractivity contribution in [1.82, 2.24) is 5.48 Å². The smallest absolute Gasteiger partial charge is 0.313 e. The van der Waals surface area contributed by atoms with Crippen LogP contribution >= 0.6 is 11.6 Å². The molecule has 0 amide bonds. The molecule has 1 rings (SSSR count). The predicted molar refractivity (Wildman–Crippen MR) is 68.7 cm³/mol. The molecule has 3 N–H and O–H groups in total. The van der Waals surface area contributed by atoms with Gasteiger partial charge in [0.2, 0.25) is 0 Å². The maximum atomic E-state index is 11.2. The molecule has 0 radical (unpaired) electrons. The molecular formula is C11H14ClN3O3. The van der Waals surface area contributed by atoms with E-state index in [-0.39, 0.29) is 18.9 Å². The summed E-state index contributed by atoms with van der Waals surface area (Å²) in [6.07, 6.45) is -0.155. The zero-order valence-corrected chi connectivity index (χ0v) is 10.6.